The number of nitrogens with one attached hydrogen (secondary N) is 1. The average molecular weight is 380 g/mol. The lowest BCUT2D eigenvalue weighted by molar-refractivity contribution is -0.127. The van der Waals surface area contributed by atoms with Crippen molar-refractivity contribution in [1.29, 1.82) is 0 Å². The van der Waals surface area contributed by atoms with E-state index in [4.69, 9.17) is 0 Å². The second-order valence-electron chi connectivity index (χ2n) is 7.83. The van der Waals surface area contributed by atoms with E-state index in [2.05, 4.69) is 17.4 Å². The van der Waals surface area contributed by atoms with Gasteiger partial charge >= 0.3 is 0 Å². The third kappa shape index (κ3) is 4.24. The number of carbonyl (C=O) groups excluding carboxylic acids is 2. The van der Waals surface area contributed by atoms with Crippen LogP contribution in [-0.2, 0) is 4.79 Å². The molecule has 4 rings (SSSR count). The molecular formula is C23H25FN2O2. The van der Waals surface area contributed by atoms with Crippen molar-refractivity contribution < 1.29 is 14.0 Å². The van der Waals surface area contributed by atoms with E-state index in [0.29, 0.717) is 24.6 Å². The van der Waals surface area contributed by atoms with Crippen molar-refractivity contribution in [3.05, 3.63) is 71.5 Å². The van der Waals surface area contributed by atoms with Crippen molar-refractivity contribution in [3.63, 3.8) is 0 Å². The van der Waals surface area contributed by atoms with Gasteiger partial charge in [0.25, 0.3) is 5.91 Å². The molecule has 0 radical (unpaired) electrons. The van der Waals surface area contributed by atoms with Gasteiger partial charge in [0, 0.05) is 18.7 Å². The van der Waals surface area contributed by atoms with Gasteiger partial charge in [0.1, 0.15) is 5.82 Å². The fourth-order valence-corrected chi connectivity index (χ4v) is 3.99. The summed E-state index contributed by atoms with van der Waals surface area (Å²) in [5.74, 6) is -0.175. The van der Waals surface area contributed by atoms with Crippen molar-refractivity contribution in [3.8, 4) is 0 Å². The van der Waals surface area contributed by atoms with Crippen LogP contribution in [0.4, 0.5) is 4.39 Å². The largest absolute Gasteiger partial charge is 0.349 e. The summed E-state index contributed by atoms with van der Waals surface area (Å²) in [6.07, 6.45) is 3.86. The summed E-state index contributed by atoms with van der Waals surface area (Å²) in [6.45, 7) is 1.04. The highest BCUT2D eigenvalue weighted by Gasteiger charge is 2.36. The number of hydrogen-bond acceptors (Lipinski definition) is 2. The van der Waals surface area contributed by atoms with Crippen LogP contribution in [0.15, 0.2) is 54.6 Å². The number of hydrogen-bond donors (Lipinski definition) is 1. The molecule has 1 saturated carbocycles. The minimum absolute atomic E-state index is 0.0253. The smallest absolute Gasteiger partial charge is 0.253 e. The molecule has 4 nitrogen and oxygen atoms in total. The SMILES string of the molecule is O=C(NC(c1ccccc1)C1CC1)C1CCCN(C(=O)c2ccc(F)cc2)C1. The van der Waals surface area contributed by atoms with Gasteiger partial charge in [-0.3, -0.25) is 9.59 Å². The summed E-state index contributed by atoms with van der Waals surface area (Å²) >= 11 is 0. The summed E-state index contributed by atoms with van der Waals surface area (Å²) in [7, 11) is 0. The molecule has 28 heavy (non-hydrogen) atoms. The van der Waals surface area contributed by atoms with Gasteiger partial charge in [0.15, 0.2) is 0 Å². The highest BCUT2D eigenvalue weighted by atomic mass is 19.1. The molecule has 1 N–H and O–H groups in total. The number of nitrogens with zero attached hydrogens (tertiary/aromatic N) is 1. The maximum Gasteiger partial charge on any atom is 0.253 e. The van der Waals surface area contributed by atoms with E-state index in [9.17, 15) is 14.0 Å². The molecule has 2 aromatic rings. The normalized spacial score (nSPS) is 20.5. The quantitative estimate of drug-likeness (QED) is 0.854. The number of rotatable bonds is 5. The molecular weight excluding hydrogens is 355 g/mol. The Hall–Kier alpha value is -2.69. The predicted octanol–water partition coefficient (Wildman–Crippen LogP) is 3.95. The first-order chi connectivity index (χ1) is 13.6. The maximum atomic E-state index is 13.1. The number of halogens is 1. The molecule has 1 heterocycles. The van der Waals surface area contributed by atoms with Crippen LogP contribution in [0, 0.1) is 17.7 Å². The third-order valence-electron chi connectivity index (χ3n) is 5.72. The highest BCUT2D eigenvalue weighted by molar-refractivity contribution is 5.94. The van der Waals surface area contributed by atoms with Gasteiger partial charge in [-0.25, -0.2) is 4.39 Å². The van der Waals surface area contributed by atoms with Crippen LogP contribution in [0.1, 0.15) is 47.6 Å². The zero-order valence-corrected chi connectivity index (χ0v) is 15.8. The van der Waals surface area contributed by atoms with E-state index in [1.165, 1.54) is 24.3 Å². The molecule has 2 aromatic carbocycles. The summed E-state index contributed by atoms with van der Waals surface area (Å²) in [4.78, 5) is 27.4. The van der Waals surface area contributed by atoms with Crippen molar-refractivity contribution in [2.45, 2.75) is 31.7 Å². The third-order valence-corrected chi connectivity index (χ3v) is 5.72. The molecule has 2 atom stereocenters. The molecule has 0 aromatic heterocycles. The Morgan fingerprint density at radius 3 is 2.39 bits per heavy atom. The fraction of sp³-hybridized carbons (Fsp3) is 0.391. The lowest BCUT2D eigenvalue weighted by atomic mass is 9.94. The molecule has 0 bridgehead atoms. The van der Waals surface area contributed by atoms with Gasteiger partial charge < -0.3 is 10.2 Å². The Balaban J connectivity index is 1.41. The second kappa shape index (κ2) is 8.13. The van der Waals surface area contributed by atoms with Gasteiger partial charge in [-0.05, 0) is 61.4 Å². The topological polar surface area (TPSA) is 49.4 Å². The summed E-state index contributed by atoms with van der Waals surface area (Å²) in [6, 6.07) is 15.7. The average Bonchev–Trinajstić information content (AvgIpc) is 3.58. The fourth-order valence-electron chi connectivity index (χ4n) is 3.99. The van der Waals surface area contributed by atoms with Crippen LogP contribution >= 0.6 is 0 Å². The number of amides is 2. The van der Waals surface area contributed by atoms with E-state index >= 15 is 0 Å². The Labute approximate surface area is 164 Å². The van der Waals surface area contributed by atoms with Crippen molar-refractivity contribution in [1.82, 2.24) is 10.2 Å². The first-order valence-corrected chi connectivity index (χ1v) is 10.0. The van der Waals surface area contributed by atoms with E-state index in [0.717, 1.165) is 31.2 Å². The van der Waals surface area contributed by atoms with Crippen LogP contribution in [0.25, 0.3) is 0 Å². The minimum atomic E-state index is -0.362. The van der Waals surface area contributed by atoms with Crippen LogP contribution in [0.2, 0.25) is 0 Å². The van der Waals surface area contributed by atoms with Crippen molar-refractivity contribution >= 4 is 11.8 Å². The second-order valence-corrected chi connectivity index (χ2v) is 7.83. The summed E-state index contributed by atoms with van der Waals surface area (Å²) < 4.78 is 13.1. The Kier molecular flexibility index (Phi) is 5.42. The Bertz CT molecular complexity index is 833. The molecule has 2 unspecified atom stereocenters. The molecule has 2 fully saturated rings. The molecule has 1 saturated heterocycles. The van der Waals surface area contributed by atoms with E-state index in [-0.39, 0.29) is 29.6 Å². The van der Waals surface area contributed by atoms with Crippen LogP contribution < -0.4 is 5.32 Å². The van der Waals surface area contributed by atoms with Crippen molar-refractivity contribution in [2.24, 2.45) is 11.8 Å². The molecule has 146 valence electrons. The molecule has 1 aliphatic heterocycles. The minimum Gasteiger partial charge on any atom is -0.349 e. The highest BCUT2D eigenvalue weighted by Crippen LogP contribution is 2.41. The monoisotopic (exact) mass is 380 g/mol. The number of piperidine rings is 1. The van der Waals surface area contributed by atoms with Gasteiger partial charge in [0.2, 0.25) is 5.91 Å². The van der Waals surface area contributed by atoms with E-state index in [1.54, 1.807) is 4.90 Å². The maximum absolute atomic E-state index is 13.1. The summed E-state index contributed by atoms with van der Waals surface area (Å²) in [5.41, 5.74) is 1.61. The lowest BCUT2D eigenvalue weighted by Crippen LogP contribution is -2.46. The first kappa shape index (κ1) is 18.7. The van der Waals surface area contributed by atoms with E-state index in [1.807, 2.05) is 18.2 Å². The lowest BCUT2D eigenvalue weighted by Gasteiger charge is -2.33. The Morgan fingerprint density at radius 1 is 1.00 bits per heavy atom. The molecule has 5 heteroatoms. The Morgan fingerprint density at radius 2 is 1.71 bits per heavy atom. The summed E-state index contributed by atoms with van der Waals surface area (Å²) in [5, 5.41) is 3.25. The molecule has 2 aliphatic rings. The number of benzene rings is 2. The molecule has 0 spiro atoms. The van der Waals surface area contributed by atoms with Crippen LogP contribution in [0.5, 0.6) is 0 Å². The molecule has 2 amide bonds. The van der Waals surface area contributed by atoms with Crippen LogP contribution in [-0.4, -0.2) is 29.8 Å². The first-order valence-electron chi connectivity index (χ1n) is 10.0. The zero-order valence-electron chi connectivity index (χ0n) is 15.8. The predicted molar refractivity (Wildman–Crippen MR) is 105 cm³/mol. The van der Waals surface area contributed by atoms with Gasteiger partial charge in [-0.15, -0.1) is 0 Å². The number of likely N-dealkylation sites (tertiary alicyclic amines) is 1. The van der Waals surface area contributed by atoms with Gasteiger partial charge in [-0.1, -0.05) is 30.3 Å². The zero-order chi connectivity index (χ0) is 19.5. The van der Waals surface area contributed by atoms with Crippen molar-refractivity contribution in [2.75, 3.05) is 13.1 Å². The number of carbonyl (C=O) groups is 2. The van der Waals surface area contributed by atoms with Gasteiger partial charge in [0.05, 0.1) is 12.0 Å². The standard InChI is InChI=1S/C23H25FN2O2/c24-20-12-10-18(11-13-20)23(28)26-14-4-7-19(15-26)22(27)25-21(17-8-9-17)16-5-2-1-3-6-16/h1-3,5-6,10-13,17,19,21H,4,7-9,14-15H2,(H,25,27). The van der Waals surface area contributed by atoms with Crippen LogP contribution in [0.3, 0.4) is 0 Å². The van der Waals surface area contributed by atoms with E-state index < -0.39 is 0 Å². The molecule has 1 aliphatic carbocycles. The van der Waals surface area contributed by atoms with Gasteiger partial charge in [-0.2, -0.15) is 0 Å².